The number of anilines is 2. The van der Waals surface area contributed by atoms with Gasteiger partial charge in [-0.25, -0.2) is 4.98 Å². The molecule has 2 aromatic carbocycles. The maximum Gasteiger partial charge on any atom is 0.277 e. The molecule has 0 fully saturated rings. The molecular formula is C22H17N3O3S. The summed E-state index contributed by atoms with van der Waals surface area (Å²) in [6.45, 7) is 1.70. The number of hydrogen-bond acceptors (Lipinski definition) is 5. The molecule has 0 saturated carbocycles. The molecule has 0 bridgehead atoms. The van der Waals surface area contributed by atoms with Crippen molar-refractivity contribution in [1.82, 2.24) is 4.98 Å². The second-order valence-electron chi connectivity index (χ2n) is 6.22. The molecule has 0 aliphatic rings. The molecule has 0 atom stereocenters. The summed E-state index contributed by atoms with van der Waals surface area (Å²) in [5.74, 6) is 0.172. The van der Waals surface area contributed by atoms with Crippen molar-refractivity contribution in [1.29, 1.82) is 0 Å². The number of amides is 2. The molecule has 0 spiro atoms. The molecule has 29 heavy (non-hydrogen) atoms. The first kappa shape index (κ1) is 18.6. The minimum atomic E-state index is -0.407. The molecule has 4 aromatic rings. The van der Waals surface area contributed by atoms with E-state index in [0.29, 0.717) is 28.6 Å². The number of nitrogens with zero attached hydrogens (tertiary/aromatic N) is 1. The largest absolute Gasteiger partial charge is 0.440 e. The average molecular weight is 403 g/mol. The van der Waals surface area contributed by atoms with Crippen LogP contribution in [0, 0.1) is 6.92 Å². The standard InChI is InChI=1S/C22H17N3O3S/c1-14-19(25-22(28-14)18-12-7-13-29-18)21(27)24-17-11-6-5-10-16(17)23-20(26)15-8-3-2-4-9-15/h2-13H,1H3,(H,23,26)(H,24,27). The number of hydrogen-bond donors (Lipinski definition) is 2. The van der Waals surface area contributed by atoms with Crippen molar-refractivity contribution in [3.8, 4) is 10.8 Å². The van der Waals surface area contributed by atoms with Crippen LogP contribution in [0.15, 0.2) is 76.5 Å². The molecule has 4 rings (SSSR count). The van der Waals surface area contributed by atoms with Gasteiger partial charge in [-0.15, -0.1) is 11.3 Å². The Balaban J connectivity index is 1.54. The fourth-order valence-electron chi connectivity index (χ4n) is 2.78. The van der Waals surface area contributed by atoms with Crippen LogP contribution < -0.4 is 10.6 Å². The predicted molar refractivity (Wildman–Crippen MR) is 113 cm³/mol. The number of oxazole rings is 1. The monoisotopic (exact) mass is 403 g/mol. The number of para-hydroxylation sites is 2. The van der Waals surface area contributed by atoms with E-state index < -0.39 is 5.91 Å². The van der Waals surface area contributed by atoms with E-state index in [1.54, 1.807) is 55.5 Å². The van der Waals surface area contributed by atoms with Crippen molar-refractivity contribution < 1.29 is 14.0 Å². The fourth-order valence-corrected chi connectivity index (χ4v) is 3.43. The summed E-state index contributed by atoms with van der Waals surface area (Å²) in [7, 11) is 0. The summed E-state index contributed by atoms with van der Waals surface area (Å²) in [6.07, 6.45) is 0. The zero-order valence-electron chi connectivity index (χ0n) is 15.5. The lowest BCUT2D eigenvalue weighted by Gasteiger charge is -2.11. The maximum atomic E-state index is 12.8. The molecule has 2 heterocycles. The van der Waals surface area contributed by atoms with Crippen molar-refractivity contribution in [3.63, 3.8) is 0 Å². The fraction of sp³-hybridized carbons (Fsp3) is 0.0455. The Morgan fingerprint density at radius 1 is 0.862 bits per heavy atom. The summed E-state index contributed by atoms with van der Waals surface area (Å²) < 4.78 is 5.64. The number of aryl methyl sites for hydroxylation is 1. The molecule has 2 N–H and O–H groups in total. The molecule has 0 aliphatic heterocycles. The summed E-state index contributed by atoms with van der Waals surface area (Å²) in [5, 5.41) is 7.56. The van der Waals surface area contributed by atoms with Gasteiger partial charge in [-0.05, 0) is 42.6 Å². The molecule has 2 amide bonds. The van der Waals surface area contributed by atoms with Crippen molar-refractivity contribution in [3.05, 3.63) is 89.1 Å². The number of thiophene rings is 1. The van der Waals surface area contributed by atoms with Gasteiger partial charge in [-0.3, -0.25) is 9.59 Å². The van der Waals surface area contributed by atoms with Gasteiger partial charge in [0, 0.05) is 5.56 Å². The Labute approximate surface area is 171 Å². The third kappa shape index (κ3) is 4.09. The first-order valence-corrected chi connectivity index (χ1v) is 9.78. The number of carbonyl (C=O) groups excluding carboxylic acids is 2. The second kappa shape index (κ2) is 8.12. The molecule has 0 unspecified atom stereocenters. The highest BCUT2D eigenvalue weighted by Crippen LogP contribution is 2.27. The number of aromatic nitrogens is 1. The minimum absolute atomic E-state index is 0.206. The molecule has 6 nitrogen and oxygen atoms in total. The Morgan fingerprint density at radius 2 is 1.52 bits per heavy atom. The van der Waals surface area contributed by atoms with E-state index >= 15 is 0 Å². The average Bonchev–Trinajstić information content (AvgIpc) is 3.40. The van der Waals surface area contributed by atoms with Crippen LogP contribution in [0.3, 0.4) is 0 Å². The van der Waals surface area contributed by atoms with Gasteiger partial charge < -0.3 is 15.1 Å². The van der Waals surface area contributed by atoms with E-state index in [4.69, 9.17) is 4.42 Å². The third-order valence-corrected chi connectivity index (χ3v) is 5.06. The zero-order chi connectivity index (χ0) is 20.2. The van der Waals surface area contributed by atoms with Gasteiger partial charge in [0.25, 0.3) is 11.8 Å². The van der Waals surface area contributed by atoms with E-state index in [9.17, 15) is 9.59 Å². The van der Waals surface area contributed by atoms with Gasteiger partial charge in [0.1, 0.15) is 5.76 Å². The SMILES string of the molecule is Cc1oc(-c2cccs2)nc1C(=O)Nc1ccccc1NC(=O)c1ccccc1. The predicted octanol–water partition coefficient (Wildman–Crippen LogP) is 5.22. The minimum Gasteiger partial charge on any atom is -0.440 e. The topological polar surface area (TPSA) is 84.2 Å². The van der Waals surface area contributed by atoms with Crippen molar-refractivity contribution in [2.75, 3.05) is 10.6 Å². The number of carbonyl (C=O) groups is 2. The van der Waals surface area contributed by atoms with Crippen LogP contribution in [-0.2, 0) is 0 Å². The second-order valence-corrected chi connectivity index (χ2v) is 7.17. The summed E-state index contributed by atoms with van der Waals surface area (Å²) >= 11 is 1.49. The van der Waals surface area contributed by atoms with E-state index in [1.165, 1.54) is 11.3 Å². The van der Waals surface area contributed by atoms with Gasteiger partial charge >= 0.3 is 0 Å². The van der Waals surface area contributed by atoms with Crippen LogP contribution >= 0.6 is 11.3 Å². The molecule has 0 saturated heterocycles. The maximum absolute atomic E-state index is 12.8. The van der Waals surface area contributed by atoms with Crippen LogP contribution in [0.1, 0.15) is 26.6 Å². The van der Waals surface area contributed by atoms with E-state index in [-0.39, 0.29) is 11.6 Å². The van der Waals surface area contributed by atoms with E-state index in [1.807, 2.05) is 23.6 Å². The summed E-state index contributed by atoms with van der Waals surface area (Å²) in [6, 6.07) is 19.7. The van der Waals surface area contributed by atoms with Crippen LogP contribution in [0.5, 0.6) is 0 Å². The number of benzene rings is 2. The quantitative estimate of drug-likeness (QED) is 0.479. The molecular weight excluding hydrogens is 386 g/mol. The highest BCUT2D eigenvalue weighted by Gasteiger charge is 2.20. The van der Waals surface area contributed by atoms with Gasteiger partial charge in [0.05, 0.1) is 16.3 Å². The Hall–Kier alpha value is -3.71. The lowest BCUT2D eigenvalue weighted by molar-refractivity contribution is 0.101. The van der Waals surface area contributed by atoms with Crippen molar-refractivity contribution >= 4 is 34.5 Å². The zero-order valence-corrected chi connectivity index (χ0v) is 16.3. The van der Waals surface area contributed by atoms with Gasteiger partial charge in [0.2, 0.25) is 5.89 Å². The molecule has 2 aromatic heterocycles. The first-order chi connectivity index (χ1) is 14.1. The highest BCUT2D eigenvalue weighted by molar-refractivity contribution is 7.13. The lowest BCUT2D eigenvalue weighted by Crippen LogP contribution is -2.17. The molecule has 144 valence electrons. The lowest BCUT2D eigenvalue weighted by atomic mass is 10.2. The molecule has 0 aliphatic carbocycles. The van der Waals surface area contributed by atoms with Crippen molar-refractivity contribution in [2.45, 2.75) is 6.92 Å². The number of nitrogens with one attached hydrogen (secondary N) is 2. The molecule has 7 heteroatoms. The van der Waals surface area contributed by atoms with Gasteiger partial charge in [-0.1, -0.05) is 36.4 Å². The highest BCUT2D eigenvalue weighted by atomic mass is 32.1. The smallest absolute Gasteiger partial charge is 0.277 e. The Bertz CT molecular complexity index is 1150. The summed E-state index contributed by atoms with van der Waals surface area (Å²) in [4.78, 5) is 30.4. The third-order valence-electron chi connectivity index (χ3n) is 4.20. The van der Waals surface area contributed by atoms with Crippen LogP contribution in [0.4, 0.5) is 11.4 Å². The van der Waals surface area contributed by atoms with Crippen LogP contribution in [0.2, 0.25) is 0 Å². The van der Waals surface area contributed by atoms with Gasteiger partial charge in [0.15, 0.2) is 5.69 Å². The summed E-state index contributed by atoms with van der Waals surface area (Å²) in [5.41, 5.74) is 1.70. The van der Waals surface area contributed by atoms with Crippen LogP contribution in [0.25, 0.3) is 10.8 Å². The first-order valence-electron chi connectivity index (χ1n) is 8.90. The normalized spacial score (nSPS) is 10.5. The van der Waals surface area contributed by atoms with Crippen LogP contribution in [-0.4, -0.2) is 16.8 Å². The molecule has 0 radical (unpaired) electrons. The van der Waals surface area contributed by atoms with E-state index in [0.717, 1.165) is 4.88 Å². The van der Waals surface area contributed by atoms with Crippen molar-refractivity contribution in [2.24, 2.45) is 0 Å². The van der Waals surface area contributed by atoms with Gasteiger partial charge in [-0.2, -0.15) is 0 Å². The van der Waals surface area contributed by atoms with E-state index in [2.05, 4.69) is 15.6 Å². The number of rotatable bonds is 5. The Morgan fingerprint density at radius 3 is 2.17 bits per heavy atom. The Kier molecular flexibility index (Phi) is 5.22.